The van der Waals surface area contributed by atoms with Gasteiger partial charge in [-0.25, -0.2) is 4.79 Å². The third-order valence-electron chi connectivity index (χ3n) is 2.23. The quantitative estimate of drug-likeness (QED) is 0.748. The largest absolute Gasteiger partial charge is 0.477 e. The van der Waals surface area contributed by atoms with E-state index in [1.54, 1.807) is 14.0 Å². The van der Waals surface area contributed by atoms with E-state index in [0.29, 0.717) is 5.69 Å². The van der Waals surface area contributed by atoms with Gasteiger partial charge in [-0.05, 0) is 6.92 Å². The van der Waals surface area contributed by atoms with Gasteiger partial charge in [0.1, 0.15) is 24.5 Å². The van der Waals surface area contributed by atoms with Crippen LogP contribution in [0.4, 0.5) is 5.82 Å². The van der Waals surface area contributed by atoms with Crippen LogP contribution in [0.2, 0.25) is 0 Å². The van der Waals surface area contributed by atoms with Crippen LogP contribution in [0, 0.1) is 29.6 Å². The molecule has 0 unspecified atom stereocenters. The van der Waals surface area contributed by atoms with E-state index in [4.69, 9.17) is 15.6 Å². The number of aromatic carboxylic acids is 1. The molecule has 0 aliphatic heterocycles. The van der Waals surface area contributed by atoms with Crippen LogP contribution in [0.15, 0.2) is 0 Å². The molecule has 0 amide bonds. The third kappa shape index (κ3) is 2.34. The van der Waals surface area contributed by atoms with Gasteiger partial charge in [0.15, 0.2) is 0 Å². The summed E-state index contributed by atoms with van der Waals surface area (Å²) in [7, 11) is 1.58. The van der Waals surface area contributed by atoms with Gasteiger partial charge in [-0.1, -0.05) is 0 Å². The fraction of sp³-hybridized carbons (Fsp3) is 0.400. The number of hydrogen-bond donors (Lipinski definition) is 1. The first-order valence-electron chi connectivity index (χ1n) is 4.78. The zero-order valence-electron chi connectivity index (χ0n) is 9.51. The van der Waals surface area contributed by atoms with Crippen molar-refractivity contribution < 1.29 is 9.90 Å². The molecular weight excluding hydrogens is 222 g/mol. The molecular formula is C10H11N5O2. The lowest BCUT2D eigenvalue weighted by Gasteiger charge is -2.18. The Morgan fingerprint density at radius 1 is 1.47 bits per heavy atom. The summed E-state index contributed by atoms with van der Waals surface area (Å²) in [4.78, 5) is 12.5. The molecule has 0 saturated heterocycles. The van der Waals surface area contributed by atoms with E-state index < -0.39 is 5.97 Å². The topological polar surface area (TPSA) is 106 Å². The van der Waals surface area contributed by atoms with Gasteiger partial charge in [0, 0.05) is 7.05 Å². The number of rotatable bonds is 4. The average molecular weight is 233 g/mol. The first-order chi connectivity index (χ1) is 8.02. The second kappa shape index (κ2) is 4.99. The Bertz CT molecular complexity index is 504. The Kier molecular flexibility index (Phi) is 3.68. The molecule has 0 spiro atoms. The second-order valence-electron chi connectivity index (χ2n) is 3.39. The van der Waals surface area contributed by atoms with Gasteiger partial charge in [-0.2, -0.15) is 15.6 Å². The zero-order valence-corrected chi connectivity index (χ0v) is 9.51. The number of carboxylic acid groups (broad SMARTS) is 1. The lowest BCUT2D eigenvalue weighted by atomic mass is 10.2. The SMILES string of the molecule is Cc1nn(C)c(N(CC#N)CC#N)c1C(=O)O. The molecule has 0 aliphatic carbocycles. The maximum atomic E-state index is 11.1. The first-order valence-corrected chi connectivity index (χ1v) is 4.78. The van der Waals surface area contributed by atoms with E-state index in [2.05, 4.69) is 5.10 Å². The normalized spacial score (nSPS) is 9.41. The van der Waals surface area contributed by atoms with Crippen LogP contribution >= 0.6 is 0 Å². The summed E-state index contributed by atoms with van der Waals surface area (Å²) in [6.45, 7) is 1.45. The molecule has 17 heavy (non-hydrogen) atoms. The highest BCUT2D eigenvalue weighted by Gasteiger charge is 2.23. The molecule has 7 heteroatoms. The van der Waals surface area contributed by atoms with E-state index in [0.717, 1.165) is 0 Å². The number of carbonyl (C=O) groups is 1. The molecule has 0 radical (unpaired) electrons. The summed E-state index contributed by atoms with van der Waals surface area (Å²) in [5.74, 6) is -0.843. The molecule has 88 valence electrons. The van der Waals surface area contributed by atoms with Crippen molar-refractivity contribution >= 4 is 11.8 Å². The Hall–Kier alpha value is -2.54. The molecule has 1 aromatic rings. The average Bonchev–Trinajstić information content (AvgIpc) is 2.53. The predicted octanol–water partition coefficient (Wildman–Crippen LogP) is 0.280. The minimum absolute atomic E-state index is 0.0259. The van der Waals surface area contributed by atoms with Crippen LogP contribution < -0.4 is 4.90 Å². The van der Waals surface area contributed by atoms with Gasteiger partial charge in [-0.3, -0.25) is 4.68 Å². The van der Waals surface area contributed by atoms with E-state index in [1.807, 2.05) is 12.1 Å². The summed E-state index contributed by atoms with van der Waals surface area (Å²) in [5, 5.41) is 30.4. The van der Waals surface area contributed by atoms with Crippen LogP contribution in [0.25, 0.3) is 0 Å². The van der Waals surface area contributed by atoms with Crippen LogP contribution in [0.1, 0.15) is 16.1 Å². The number of hydrogen-bond acceptors (Lipinski definition) is 5. The second-order valence-corrected chi connectivity index (χ2v) is 3.39. The molecule has 0 atom stereocenters. The Morgan fingerprint density at radius 3 is 2.41 bits per heavy atom. The smallest absolute Gasteiger partial charge is 0.341 e. The molecule has 1 heterocycles. The fourth-order valence-electron chi connectivity index (χ4n) is 1.64. The maximum absolute atomic E-state index is 11.1. The maximum Gasteiger partial charge on any atom is 0.341 e. The van der Waals surface area contributed by atoms with Crippen molar-refractivity contribution in [3.05, 3.63) is 11.3 Å². The van der Waals surface area contributed by atoms with Crippen molar-refractivity contribution in [1.29, 1.82) is 10.5 Å². The van der Waals surface area contributed by atoms with Crippen molar-refractivity contribution in [3.63, 3.8) is 0 Å². The molecule has 0 aromatic carbocycles. The van der Waals surface area contributed by atoms with Gasteiger partial charge >= 0.3 is 5.97 Å². The lowest BCUT2D eigenvalue weighted by molar-refractivity contribution is 0.0696. The molecule has 0 fully saturated rings. The van der Waals surface area contributed by atoms with E-state index in [1.165, 1.54) is 9.58 Å². The van der Waals surface area contributed by atoms with Gasteiger partial charge in [0.25, 0.3) is 0 Å². The third-order valence-corrected chi connectivity index (χ3v) is 2.23. The van der Waals surface area contributed by atoms with E-state index in [9.17, 15) is 4.79 Å². The minimum Gasteiger partial charge on any atom is -0.477 e. The van der Waals surface area contributed by atoms with Crippen molar-refractivity contribution in [2.75, 3.05) is 18.0 Å². The number of nitriles is 2. The summed E-state index contributed by atoms with van der Waals surface area (Å²) < 4.78 is 1.37. The molecule has 1 rings (SSSR count). The molecule has 0 bridgehead atoms. The summed E-state index contributed by atoms with van der Waals surface area (Å²) in [6.07, 6.45) is 0. The van der Waals surface area contributed by atoms with Crippen molar-refractivity contribution in [1.82, 2.24) is 9.78 Å². The Balaban J connectivity index is 3.32. The predicted molar refractivity (Wildman–Crippen MR) is 58.3 cm³/mol. The zero-order chi connectivity index (χ0) is 13.0. The van der Waals surface area contributed by atoms with Gasteiger partial charge < -0.3 is 10.0 Å². The minimum atomic E-state index is -1.12. The van der Waals surface area contributed by atoms with Gasteiger partial charge in [0.2, 0.25) is 0 Å². The van der Waals surface area contributed by atoms with Gasteiger partial charge in [-0.15, -0.1) is 0 Å². The first kappa shape index (κ1) is 12.5. The number of aromatic nitrogens is 2. The molecule has 1 aromatic heterocycles. The fourth-order valence-corrected chi connectivity index (χ4v) is 1.64. The highest BCUT2D eigenvalue weighted by atomic mass is 16.4. The van der Waals surface area contributed by atoms with Crippen molar-refractivity contribution in [3.8, 4) is 12.1 Å². The lowest BCUT2D eigenvalue weighted by Crippen LogP contribution is -2.27. The van der Waals surface area contributed by atoms with Crippen LogP contribution in [0.5, 0.6) is 0 Å². The summed E-state index contributed by atoms with van der Waals surface area (Å²) >= 11 is 0. The van der Waals surface area contributed by atoms with E-state index in [-0.39, 0.29) is 24.5 Å². The summed E-state index contributed by atoms with van der Waals surface area (Å²) in [6, 6.07) is 3.79. The highest BCUT2D eigenvalue weighted by molar-refractivity contribution is 5.95. The van der Waals surface area contributed by atoms with Gasteiger partial charge in [0.05, 0.1) is 17.8 Å². The molecule has 1 N–H and O–H groups in total. The van der Waals surface area contributed by atoms with Crippen molar-refractivity contribution in [2.24, 2.45) is 7.05 Å². The molecule has 7 nitrogen and oxygen atoms in total. The number of anilines is 1. The molecule has 0 aliphatic rings. The monoisotopic (exact) mass is 233 g/mol. The molecule has 0 saturated carbocycles. The Labute approximate surface area is 98.1 Å². The van der Waals surface area contributed by atoms with E-state index >= 15 is 0 Å². The van der Waals surface area contributed by atoms with Crippen LogP contribution in [-0.4, -0.2) is 33.9 Å². The van der Waals surface area contributed by atoms with Crippen LogP contribution in [0.3, 0.4) is 0 Å². The highest BCUT2D eigenvalue weighted by Crippen LogP contribution is 2.22. The van der Waals surface area contributed by atoms with Crippen LogP contribution in [-0.2, 0) is 7.05 Å². The standard InChI is InChI=1S/C10H11N5O2/c1-7-8(10(16)17)9(14(2)13-7)15(5-3-11)6-4-12/h5-6H2,1-2H3,(H,16,17). The van der Waals surface area contributed by atoms with Crippen molar-refractivity contribution in [2.45, 2.75) is 6.92 Å². The Morgan fingerprint density at radius 2 is 2.00 bits per heavy atom. The number of aryl methyl sites for hydroxylation is 2. The number of carboxylic acids is 1. The summed E-state index contributed by atoms with van der Waals surface area (Å²) in [5.41, 5.74) is 0.383. The number of nitrogens with zero attached hydrogens (tertiary/aromatic N) is 5.